The highest BCUT2D eigenvalue weighted by atomic mass is 16.2. The Morgan fingerprint density at radius 2 is 1.72 bits per heavy atom. The molecule has 0 heterocycles. The van der Waals surface area contributed by atoms with E-state index in [0.717, 1.165) is 38.5 Å². The standard InChI is InChI=1S/C13H27N3O2/c1-2-3-10-16(11-12(15)17)13(18)8-6-4-5-7-9-14/h2-11,14H2,1H3,(H2,15,17). The highest BCUT2D eigenvalue weighted by molar-refractivity contribution is 5.83. The summed E-state index contributed by atoms with van der Waals surface area (Å²) in [6.07, 6.45) is 6.36. The van der Waals surface area contributed by atoms with Crippen molar-refractivity contribution in [1.29, 1.82) is 0 Å². The summed E-state index contributed by atoms with van der Waals surface area (Å²) >= 11 is 0. The minimum Gasteiger partial charge on any atom is -0.368 e. The van der Waals surface area contributed by atoms with Crippen LogP contribution in [0.1, 0.15) is 51.9 Å². The normalized spacial score (nSPS) is 10.3. The largest absolute Gasteiger partial charge is 0.368 e. The molecule has 0 atom stereocenters. The summed E-state index contributed by atoms with van der Waals surface area (Å²) in [4.78, 5) is 24.4. The fourth-order valence-electron chi connectivity index (χ4n) is 1.76. The number of carbonyl (C=O) groups is 2. The Bertz CT molecular complexity index is 244. The van der Waals surface area contributed by atoms with E-state index >= 15 is 0 Å². The lowest BCUT2D eigenvalue weighted by Crippen LogP contribution is -2.38. The molecule has 18 heavy (non-hydrogen) atoms. The van der Waals surface area contributed by atoms with E-state index in [2.05, 4.69) is 6.92 Å². The van der Waals surface area contributed by atoms with Crippen LogP contribution in [0, 0.1) is 0 Å². The highest BCUT2D eigenvalue weighted by Crippen LogP contribution is 2.06. The topological polar surface area (TPSA) is 89.4 Å². The molecular formula is C13H27N3O2. The number of nitrogens with two attached hydrogens (primary N) is 2. The smallest absolute Gasteiger partial charge is 0.237 e. The maximum absolute atomic E-state index is 11.9. The number of carbonyl (C=O) groups excluding carboxylic acids is 2. The second-order valence-corrected chi connectivity index (χ2v) is 4.59. The van der Waals surface area contributed by atoms with Crippen LogP contribution in [0.15, 0.2) is 0 Å². The van der Waals surface area contributed by atoms with Gasteiger partial charge in [0.15, 0.2) is 0 Å². The minimum atomic E-state index is -0.442. The van der Waals surface area contributed by atoms with Gasteiger partial charge in [-0.1, -0.05) is 26.2 Å². The first kappa shape index (κ1) is 16.9. The van der Waals surface area contributed by atoms with Gasteiger partial charge in [-0.2, -0.15) is 0 Å². The number of nitrogens with zero attached hydrogens (tertiary/aromatic N) is 1. The van der Waals surface area contributed by atoms with Crippen molar-refractivity contribution in [2.45, 2.75) is 51.9 Å². The minimum absolute atomic E-state index is 0.0370. The number of hydrogen-bond acceptors (Lipinski definition) is 3. The molecule has 5 heteroatoms. The summed E-state index contributed by atoms with van der Waals surface area (Å²) in [6, 6.07) is 0. The molecule has 4 N–H and O–H groups in total. The molecule has 0 aliphatic rings. The second-order valence-electron chi connectivity index (χ2n) is 4.59. The Labute approximate surface area is 110 Å². The maximum Gasteiger partial charge on any atom is 0.237 e. The Kier molecular flexibility index (Phi) is 10.3. The molecule has 0 aromatic heterocycles. The van der Waals surface area contributed by atoms with Crippen LogP contribution in [-0.2, 0) is 9.59 Å². The van der Waals surface area contributed by atoms with Crippen molar-refractivity contribution >= 4 is 11.8 Å². The average molecular weight is 257 g/mol. The van der Waals surface area contributed by atoms with E-state index in [1.807, 2.05) is 0 Å². The van der Waals surface area contributed by atoms with Crippen molar-refractivity contribution in [1.82, 2.24) is 4.90 Å². The van der Waals surface area contributed by atoms with Crippen LogP contribution in [0.25, 0.3) is 0 Å². The van der Waals surface area contributed by atoms with Crippen LogP contribution >= 0.6 is 0 Å². The average Bonchev–Trinajstić information content (AvgIpc) is 2.33. The zero-order valence-corrected chi connectivity index (χ0v) is 11.5. The number of hydrogen-bond donors (Lipinski definition) is 2. The molecule has 0 radical (unpaired) electrons. The molecule has 0 saturated carbocycles. The van der Waals surface area contributed by atoms with Crippen LogP contribution in [0.4, 0.5) is 0 Å². The van der Waals surface area contributed by atoms with E-state index in [1.54, 1.807) is 4.90 Å². The fourth-order valence-corrected chi connectivity index (χ4v) is 1.76. The molecule has 0 unspecified atom stereocenters. The molecule has 5 nitrogen and oxygen atoms in total. The third-order valence-corrected chi connectivity index (χ3v) is 2.83. The van der Waals surface area contributed by atoms with E-state index in [9.17, 15) is 9.59 Å². The first-order valence-corrected chi connectivity index (χ1v) is 6.88. The Hall–Kier alpha value is -1.10. The predicted molar refractivity (Wildman–Crippen MR) is 72.8 cm³/mol. The van der Waals surface area contributed by atoms with Crippen LogP contribution in [-0.4, -0.2) is 36.3 Å². The van der Waals surface area contributed by atoms with Gasteiger partial charge in [0.05, 0.1) is 6.54 Å². The molecule has 2 amide bonds. The molecule has 0 rings (SSSR count). The van der Waals surface area contributed by atoms with Gasteiger partial charge in [0.2, 0.25) is 11.8 Å². The van der Waals surface area contributed by atoms with E-state index in [1.165, 1.54) is 0 Å². The third kappa shape index (κ3) is 8.98. The van der Waals surface area contributed by atoms with Gasteiger partial charge in [0, 0.05) is 13.0 Å². The van der Waals surface area contributed by atoms with E-state index < -0.39 is 5.91 Å². The Morgan fingerprint density at radius 3 is 2.28 bits per heavy atom. The number of rotatable bonds is 11. The number of primary amides is 1. The van der Waals surface area contributed by atoms with Crippen molar-refractivity contribution < 1.29 is 9.59 Å². The zero-order chi connectivity index (χ0) is 13.8. The van der Waals surface area contributed by atoms with Gasteiger partial charge in [-0.15, -0.1) is 0 Å². The third-order valence-electron chi connectivity index (χ3n) is 2.83. The van der Waals surface area contributed by atoms with Crippen molar-refractivity contribution in [2.24, 2.45) is 11.5 Å². The Morgan fingerprint density at radius 1 is 1.06 bits per heavy atom. The van der Waals surface area contributed by atoms with Crippen LogP contribution < -0.4 is 11.5 Å². The molecule has 0 aromatic carbocycles. The number of unbranched alkanes of at least 4 members (excludes halogenated alkanes) is 4. The highest BCUT2D eigenvalue weighted by Gasteiger charge is 2.14. The lowest BCUT2D eigenvalue weighted by molar-refractivity contribution is -0.135. The summed E-state index contributed by atoms with van der Waals surface area (Å²) in [5, 5.41) is 0. The van der Waals surface area contributed by atoms with E-state index in [-0.39, 0.29) is 12.5 Å². The van der Waals surface area contributed by atoms with Gasteiger partial charge >= 0.3 is 0 Å². The van der Waals surface area contributed by atoms with Gasteiger partial charge in [-0.3, -0.25) is 9.59 Å². The molecular weight excluding hydrogens is 230 g/mol. The number of amides is 2. The lowest BCUT2D eigenvalue weighted by Gasteiger charge is -2.20. The molecule has 106 valence electrons. The second kappa shape index (κ2) is 11.0. The Balaban J connectivity index is 3.92. The van der Waals surface area contributed by atoms with Gasteiger partial charge < -0.3 is 16.4 Å². The summed E-state index contributed by atoms with van der Waals surface area (Å²) in [5.41, 5.74) is 10.6. The van der Waals surface area contributed by atoms with Crippen molar-refractivity contribution in [3.8, 4) is 0 Å². The molecule has 0 spiro atoms. The molecule has 0 aliphatic heterocycles. The maximum atomic E-state index is 11.9. The fraction of sp³-hybridized carbons (Fsp3) is 0.846. The summed E-state index contributed by atoms with van der Waals surface area (Å²) in [6.45, 7) is 3.43. The van der Waals surface area contributed by atoms with Crippen molar-refractivity contribution in [2.75, 3.05) is 19.6 Å². The molecule has 0 bridgehead atoms. The van der Waals surface area contributed by atoms with Crippen LogP contribution in [0.3, 0.4) is 0 Å². The van der Waals surface area contributed by atoms with E-state index in [4.69, 9.17) is 11.5 Å². The molecule has 0 aromatic rings. The summed E-state index contributed by atoms with van der Waals surface area (Å²) in [5.74, 6) is -0.405. The molecule has 0 aliphatic carbocycles. The lowest BCUT2D eigenvalue weighted by atomic mass is 10.1. The molecule has 0 saturated heterocycles. The first-order chi connectivity index (χ1) is 8.61. The van der Waals surface area contributed by atoms with E-state index in [0.29, 0.717) is 19.5 Å². The zero-order valence-electron chi connectivity index (χ0n) is 11.5. The van der Waals surface area contributed by atoms with Gasteiger partial charge in [-0.05, 0) is 25.8 Å². The van der Waals surface area contributed by atoms with Gasteiger partial charge in [0.25, 0.3) is 0 Å². The van der Waals surface area contributed by atoms with Gasteiger partial charge in [0.1, 0.15) is 0 Å². The van der Waals surface area contributed by atoms with Gasteiger partial charge in [-0.25, -0.2) is 0 Å². The summed E-state index contributed by atoms with van der Waals surface area (Å²) < 4.78 is 0. The van der Waals surface area contributed by atoms with Crippen molar-refractivity contribution in [3.05, 3.63) is 0 Å². The van der Waals surface area contributed by atoms with Crippen LogP contribution in [0.2, 0.25) is 0 Å². The first-order valence-electron chi connectivity index (χ1n) is 6.88. The van der Waals surface area contributed by atoms with Crippen molar-refractivity contribution in [3.63, 3.8) is 0 Å². The SMILES string of the molecule is CCCCN(CC(N)=O)C(=O)CCCCCCN. The molecule has 0 fully saturated rings. The predicted octanol–water partition coefficient (Wildman–Crippen LogP) is 1.01. The summed E-state index contributed by atoms with van der Waals surface area (Å²) in [7, 11) is 0. The monoisotopic (exact) mass is 257 g/mol. The van der Waals surface area contributed by atoms with Crippen LogP contribution in [0.5, 0.6) is 0 Å². The quantitative estimate of drug-likeness (QED) is 0.541.